The smallest absolute Gasteiger partial charge is 0.200 e. The summed E-state index contributed by atoms with van der Waals surface area (Å²) in [5, 5.41) is 0. The minimum atomic E-state index is 0.0782. The van der Waals surface area contributed by atoms with Crippen molar-refractivity contribution in [2.75, 3.05) is 7.11 Å². The van der Waals surface area contributed by atoms with E-state index >= 15 is 0 Å². The Balaban J connectivity index is 1.87. The van der Waals surface area contributed by atoms with E-state index in [1.54, 1.807) is 7.11 Å². The Bertz CT molecular complexity index is 795. The van der Waals surface area contributed by atoms with Gasteiger partial charge in [0.2, 0.25) is 5.78 Å². The van der Waals surface area contributed by atoms with E-state index in [1.165, 1.54) is 11.8 Å². The van der Waals surface area contributed by atoms with Crippen molar-refractivity contribution in [3.05, 3.63) is 58.5 Å². The maximum atomic E-state index is 12.5. The molecule has 124 valence electrons. The summed E-state index contributed by atoms with van der Waals surface area (Å²) in [5.74, 6) is 1.48. The predicted octanol–water partition coefficient (Wildman–Crippen LogP) is 5.20. The minimum absolute atomic E-state index is 0.0782. The second-order valence-corrected chi connectivity index (χ2v) is 6.77. The molecule has 3 nitrogen and oxygen atoms in total. The molecule has 24 heavy (non-hydrogen) atoms. The summed E-state index contributed by atoms with van der Waals surface area (Å²) in [6.45, 7) is 4.11. The van der Waals surface area contributed by atoms with Crippen molar-refractivity contribution in [3.63, 3.8) is 0 Å². The largest absolute Gasteiger partial charge is 0.493 e. The molecule has 0 saturated carbocycles. The van der Waals surface area contributed by atoms with Gasteiger partial charge in [-0.05, 0) is 49.2 Å². The molecule has 1 aliphatic rings. The van der Waals surface area contributed by atoms with Crippen LogP contribution in [0.4, 0.5) is 0 Å². The Kier molecular flexibility index (Phi) is 4.95. The number of rotatable bonds is 5. The van der Waals surface area contributed by atoms with E-state index in [0.717, 1.165) is 33.1 Å². The van der Waals surface area contributed by atoms with Crippen molar-refractivity contribution >= 4 is 23.6 Å². The number of methoxy groups -OCH3 is 1. The van der Waals surface area contributed by atoms with Crippen LogP contribution in [0.25, 0.3) is 6.08 Å². The Hall–Kier alpha value is -2.20. The summed E-state index contributed by atoms with van der Waals surface area (Å²) in [7, 11) is 1.63. The fraction of sp³-hybridized carbons (Fsp3) is 0.250. The van der Waals surface area contributed by atoms with Gasteiger partial charge >= 0.3 is 0 Å². The van der Waals surface area contributed by atoms with Crippen molar-refractivity contribution in [3.8, 4) is 11.5 Å². The quantitative estimate of drug-likeness (QED) is 0.701. The van der Waals surface area contributed by atoms with Gasteiger partial charge < -0.3 is 9.47 Å². The van der Waals surface area contributed by atoms with Gasteiger partial charge in [0.05, 0.1) is 18.1 Å². The van der Waals surface area contributed by atoms with E-state index in [1.807, 2.05) is 55.5 Å². The van der Waals surface area contributed by atoms with E-state index in [4.69, 9.17) is 9.47 Å². The molecule has 1 atom stereocenters. The molecule has 3 rings (SSSR count). The van der Waals surface area contributed by atoms with Crippen molar-refractivity contribution in [1.82, 2.24) is 0 Å². The third kappa shape index (κ3) is 3.34. The summed E-state index contributed by atoms with van der Waals surface area (Å²) in [5.41, 5.74) is 1.70. The second-order valence-electron chi connectivity index (χ2n) is 5.68. The molecule has 0 unspecified atom stereocenters. The standard InChI is InChI=1S/C20H20O3S/c1-4-13(2)23-16-10-9-14(11-17(16)22-3)12-19-20(21)15-7-5-6-8-18(15)24-19/h5-13H,4H2,1-3H3/b19-12+/t13-/m1/s1. The van der Waals surface area contributed by atoms with Crippen LogP contribution in [0.3, 0.4) is 0 Å². The van der Waals surface area contributed by atoms with Gasteiger partial charge in [-0.3, -0.25) is 4.79 Å². The Morgan fingerprint density at radius 1 is 1.17 bits per heavy atom. The van der Waals surface area contributed by atoms with Gasteiger partial charge in [0.25, 0.3) is 0 Å². The summed E-state index contributed by atoms with van der Waals surface area (Å²) in [6.07, 6.45) is 2.96. The highest BCUT2D eigenvalue weighted by Crippen LogP contribution is 2.41. The number of ketones is 1. The lowest BCUT2D eigenvalue weighted by atomic mass is 10.1. The first kappa shape index (κ1) is 16.7. The first-order chi connectivity index (χ1) is 11.6. The molecular weight excluding hydrogens is 320 g/mol. The van der Waals surface area contributed by atoms with Gasteiger partial charge in [-0.15, -0.1) is 0 Å². The highest BCUT2D eigenvalue weighted by Gasteiger charge is 2.25. The molecule has 2 aromatic carbocycles. The van der Waals surface area contributed by atoms with Gasteiger partial charge in [-0.25, -0.2) is 0 Å². The van der Waals surface area contributed by atoms with E-state index in [-0.39, 0.29) is 11.9 Å². The Labute approximate surface area is 146 Å². The van der Waals surface area contributed by atoms with Crippen LogP contribution in [0, 0.1) is 0 Å². The van der Waals surface area contributed by atoms with Crippen molar-refractivity contribution in [1.29, 1.82) is 0 Å². The molecule has 4 heteroatoms. The molecule has 2 aromatic rings. The van der Waals surface area contributed by atoms with E-state index in [9.17, 15) is 4.79 Å². The number of thioether (sulfide) groups is 1. The molecule has 1 aliphatic heterocycles. The molecule has 0 aromatic heterocycles. The maximum Gasteiger partial charge on any atom is 0.200 e. The number of carbonyl (C=O) groups is 1. The zero-order valence-corrected chi connectivity index (χ0v) is 14.9. The number of ether oxygens (including phenoxy) is 2. The monoisotopic (exact) mass is 340 g/mol. The van der Waals surface area contributed by atoms with Crippen LogP contribution in [0.15, 0.2) is 52.3 Å². The van der Waals surface area contributed by atoms with Crippen LogP contribution in [-0.2, 0) is 0 Å². The summed E-state index contributed by atoms with van der Waals surface area (Å²) < 4.78 is 11.3. The molecule has 0 N–H and O–H groups in total. The topological polar surface area (TPSA) is 35.5 Å². The number of hydrogen-bond donors (Lipinski definition) is 0. The zero-order valence-electron chi connectivity index (χ0n) is 14.0. The molecule has 0 bridgehead atoms. The number of carbonyl (C=O) groups excluding carboxylic acids is 1. The fourth-order valence-electron chi connectivity index (χ4n) is 2.46. The average molecular weight is 340 g/mol. The number of fused-ring (bicyclic) bond motifs is 1. The lowest BCUT2D eigenvalue weighted by Crippen LogP contribution is -2.10. The molecule has 0 saturated heterocycles. The lowest BCUT2D eigenvalue weighted by molar-refractivity contribution is 0.104. The average Bonchev–Trinajstić information content (AvgIpc) is 2.92. The molecule has 0 spiro atoms. The molecule has 0 aliphatic carbocycles. The zero-order chi connectivity index (χ0) is 17.1. The Morgan fingerprint density at radius 3 is 2.67 bits per heavy atom. The first-order valence-electron chi connectivity index (χ1n) is 8.00. The molecule has 1 heterocycles. The van der Waals surface area contributed by atoms with E-state index in [2.05, 4.69) is 6.92 Å². The third-order valence-corrected chi connectivity index (χ3v) is 5.06. The summed E-state index contributed by atoms with van der Waals surface area (Å²) in [6, 6.07) is 13.4. The molecular formula is C20H20O3S. The van der Waals surface area contributed by atoms with Gasteiger partial charge in [0.1, 0.15) is 0 Å². The van der Waals surface area contributed by atoms with Crippen molar-refractivity contribution in [2.24, 2.45) is 0 Å². The highest BCUT2D eigenvalue weighted by atomic mass is 32.2. The first-order valence-corrected chi connectivity index (χ1v) is 8.82. The molecule has 0 amide bonds. The Morgan fingerprint density at radius 2 is 1.96 bits per heavy atom. The van der Waals surface area contributed by atoms with Crippen molar-refractivity contribution in [2.45, 2.75) is 31.3 Å². The highest BCUT2D eigenvalue weighted by molar-refractivity contribution is 8.04. The number of benzene rings is 2. The van der Waals surface area contributed by atoms with Gasteiger partial charge in [-0.1, -0.05) is 36.9 Å². The lowest BCUT2D eigenvalue weighted by Gasteiger charge is -2.15. The van der Waals surface area contributed by atoms with Crippen LogP contribution in [0.5, 0.6) is 11.5 Å². The third-order valence-electron chi connectivity index (χ3n) is 3.96. The van der Waals surface area contributed by atoms with E-state index < -0.39 is 0 Å². The van der Waals surface area contributed by atoms with Crippen LogP contribution >= 0.6 is 11.8 Å². The molecule has 0 fully saturated rings. The van der Waals surface area contributed by atoms with Crippen LogP contribution in [0.1, 0.15) is 36.2 Å². The summed E-state index contributed by atoms with van der Waals surface area (Å²) in [4.78, 5) is 14.2. The minimum Gasteiger partial charge on any atom is -0.493 e. The number of hydrogen-bond acceptors (Lipinski definition) is 4. The fourth-order valence-corrected chi connectivity index (χ4v) is 3.51. The van der Waals surface area contributed by atoms with Crippen LogP contribution in [0.2, 0.25) is 0 Å². The van der Waals surface area contributed by atoms with Gasteiger partial charge in [0, 0.05) is 10.5 Å². The maximum absolute atomic E-state index is 12.5. The van der Waals surface area contributed by atoms with Crippen LogP contribution < -0.4 is 9.47 Å². The van der Waals surface area contributed by atoms with Crippen LogP contribution in [-0.4, -0.2) is 19.0 Å². The summed E-state index contributed by atoms with van der Waals surface area (Å²) >= 11 is 1.51. The van der Waals surface area contributed by atoms with Gasteiger partial charge in [-0.2, -0.15) is 0 Å². The normalized spacial score (nSPS) is 16.1. The van der Waals surface area contributed by atoms with Gasteiger partial charge in [0.15, 0.2) is 11.5 Å². The predicted molar refractivity (Wildman–Crippen MR) is 98.0 cm³/mol. The second kappa shape index (κ2) is 7.14. The van der Waals surface area contributed by atoms with Crippen molar-refractivity contribution < 1.29 is 14.3 Å². The molecule has 0 radical (unpaired) electrons. The number of allylic oxidation sites excluding steroid dienone is 1. The van der Waals surface area contributed by atoms with E-state index in [0.29, 0.717) is 5.75 Å². The number of Topliss-reactive ketones (excluding diaryl/α,β-unsaturated/α-hetero) is 1. The SMILES string of the molecule is CC[C@@H](C)Oc1ccc(/C=C2/Sc3ccccc3C2=O)cc1OC.